The molecular weight excluding hydrogens is 360 g/mol. The molecule has 0 spiro atoms. The molecule has 0 saturated carbocycles. The van der Waals surface area contributed by atoms with Crippen LogP contribution < -0.4 is 5.32 Å². The molecule has 4 heteroatoms. The summed E-state index contributed by atoms with van der Waals surface area (Å²) >= 11 is 0. The van der Waals surface area contributed by atoms with Gasteiger partial charge in [0.15, 0.2) is 0 Å². The first-order valence-corrected chi connectivity index (χ1v) is 10.5. The van der Waals surface area contributed by atoms with Gasteiger partial charge in [0.2, 0.25) is 11.8 Å². The van der Waals surface area contributed by atoms with Gasteiger partial charge in [0.05, 0.1) is 6.42 Å². The summed E-state index contributed by atoms with van der Waals surface area (Å²) in [4.78, 5) is 28.0. The van der Waals surface area contributed by atoms with E-state index in [1.165, 1.54) is 0 Å². The summed E-state index contributed by atoms with van der Waals surface area (Å²) in [5.74, 6) is -0.102. The molecule has 2 amide bonds. The van der Waals surface area contributed by atoms with Crippen LogP contribution in [0.4, 0.5) is 0 Å². The van der Waals surface area contributed by atoms with Crippen molar-refractivity contribution in [1.29, 1.82) is 0 Å². The van der Waals surface area contributed by atoms with Crippen LogP contribution in [0.3, 0.4) is 0 Å². The van der Waals surface area contributed by atoms with Gasteiger partial charge in [0.1, 0.15) is 6.04 Å². The normalized spacial score (nSPS) is 12.9. The van der Waals surface area contributed by atoms with E-state index < -0.39 is 6.04 Å². The topological polar surface area (TPSA) is 49.4 Å². The molecule has 2 aromatic carbocycles. The Morgan fingerprint density at radius 1 is 0.931 bits per heavy atom. The number of benzene rings is 2. The van der Waals surface area contributed by atoms with Crippen molar-refractivity contribution in [2.24, 2.45) is 0 Å². The van der Waals surface area contributed by atoms with Crippen LogP contribution in [-0.2, 0) is 22.6 Å². The zero-order valence-corrected chi connectivity index (χ0v) is 18.4. The summed E-state index contributed by atoms with van der Waals surface area (Å²) in [6, 6.07) is 15.7. The van der Waals surface area contributed by atoms with Crippen LogP contribution in [0.5, 0.6) is 0 Å². The minimum Gasteiger partial charge on any atom is -0.352 e. The van der Waals surface area contributed by atoms with Crippen LogP contribution in [0.1, 0.15) is 55.9 Å². The number of nitrogens with one attached hydrogen (secondary N) is 1. The number of carbonyl (C=O) groups is 2. The van der Waals surface area contributed by atoms with Gasteiger partial charge < -0.3 is 10.2 Å². The molecule has 0 aliphatic rings. The van der Waals surface area contributed by atoms with Gasteiger partial charge in [-0.1, -0.05) is 73.5 Å². The van der Waals surface area contributed by atoms with Crippen molar-refractivity contribution in [3.63, 3.8) is 0 Å². The van der Waals surface area contributed by atoms with E-state index >= 15 is 0 Å². The molecule has 156 valence electrons. The molecule has 2 atom stereocenters. The average Bonchev–Trinajstić information content (AvgIpc) is 2.67. The molecule has 0 aromatic heterocycles. The second-order valence-corrected chi connectivity index (χ2v) is 7.92. The summed E-state index contributed by atoms with van der Waals surface area (Å²) < 4.78 is 0. The van der Waals surface area contributed by atoms with Crippen molar-refractivity contribution in [2.45, 2.75) is 72.5 Å². The lowest BCUT2D eigenvalue weighted by atomic mass is 10.0. The Morgan fingerprint density at radius 3 is 2.07 bits per heavy atom. The molecule has 0 saturated heterocycles. The van der Waals surface area contributed by atoms with Crippen molar-refractivity contribution in [3.05, 3.63) is 70.8 Å². The fourth-order valence-corrected chi connectivity index (χ4v) is 3.47. The minimum atomic E-state index is -0.484. The van der Waals surface area contributed by atoms with Crippen molar-refractivity contribution in [3.8, 4) is 0 Å². The van der Waals surface area contributed by atoms with Crippen molar-refractivity contribution < 1.29 is 9.59 Å². The van der Waals surface area contributed by atoms with Crippen molar-refractivity contribution >= 4 is 11.8 Å². The Hall–Kier alpha value is -2.62. The van der Waals surface area contributed by atoms with Crippen LogP contribution >= 0.6 is 0 Å². The highest BCUT2D eigenvalue weighted by Crippen LogP contribution is 2.16. The lowest BCUT2D eigenvalue weighted by Gasteiger charge is -2.31. The van der Waals surface area contributed by atoms with Gasteiger partial charge in [-0.2, -0.15) is 0 Å². The molecule has 2 rings (SSSR count). The lowest BCUT2D eigenvalue weighted by molar-refractivity contribution is -0.141. The lowest BCUT2D eigenvalue weighted by Crippen LogP contribution is -2.51. The van der Waals surface area contributed by atoms with E-state index in [-0.39, 0.29) is 17.9 Å². The third-order valence-corrected chi connectivity index (χ3v) is 5.26. The van der Waals surface area contributed by atoms with Crippen molar-refractivity contribution in [2.75, 3.05) is 0 Å². The summed E-state index contributed by atoms with van der Waals surface area (Å²) in [6.07, 6.45) is 1.73. The fourth-order valence-electron chi connectivity index (χ4n) is 3.47. The van der Waals surface area contributed by atoms with E-state index in [0.29, 0.717) is 19.4 Å². The monoisotopic (exact) mass is 394 g/mol. The number of nitrogens with zero attached hydrogens (tertiary/aromatic N) is 1. The number of amides is 2. The Balaban J connectivity index is 2.29. The number of rotatable bonds is 9. The first-order valence-electron chi connectivity index (χ1n) is 10.5. The molecule has 0 radical (unpaired) electrons. The van der Waals surface area contributed by atoms with E-state index in [4.69, 9.17) is 0 Å². The number of hydrogen-bond donors (Lipinski definition) is 1. The average molecular weight is 395 g/mol. The Kier molecular flexibility index (Phi) is 8.44. The maximum absolute atomic E-state index is 13.3. The van der Waals surface area contributed by atoms with E-state index in [0.717, 1.165) is 28.7 Å². The summed E-state index contributed by atoms with van der Waals surface area (Å²) in [5.41, 5.74) is 4.28. The molecule has 4 nitrogen and oxygen atoms in total. The summed E-state index contributed by atoms with van der Waals surface area (Å²) in [7, 11) is 0. The van der Waals surface area contributed by atoms with E-state index in [1.54, 1.807) is 4.90 Å². The SMILES string of the molecule is CC[C@@H](C)NC(=O)[C@@H](CC)N(Cc1cccc(C)c1)C(=O)Cc1cccc(C)c1. The molecule has 0 unspecified atom stereocenters. The molecule has 0 heterocycles. The van der Waals surface area contributed by atoms with Gasteiger partial charge in [0.25, 0.3) is 0 Å². The third-order valence-electron chi connectivity index (χ3n) is 5.26. The molecule has 0 aliphatic carbocycles. The summed E-state index contributed by atoms with van der Waals surface area (Å²) in [6.45, 7) is 10.5. The highest BCUT2D eigenvalue weighted by molar-refractivity contribution is 5.88. The van der Waals surface area contributed by atoms with Crippen LogP contribution in [-0.4, -0.2) is 28.8 Å². The van der Waals surface area contributed by atoms with Gasteiger partial charge >= 0.3 is 0 Å². The Labute approximate surface area is 175 Å². The van der Waals surface area contributed by atoms with Crippen LogP contribution in [0.2, 0.25) is 0 Å². The minimum absolute atomic E-state index is 0.0248. The molecule has 0 bridgehead atoms. The highest BCUT2D eigenvalue weighted by atomic mass is 16.2. The van der Waals surface area contributed by atoms with Gasteiger partial charge in [-0.3, -0.25) is 9.59 Å². The Morgan fingerprint density at radius 2 is 1.52 bits per heavy atom. The first kappa shape index (κ1) is 22.7. The third kappa shape index (κ3) is 6.74. The zero-order valence-electron chi connectivity index (χ0n) is 18.4. The predicted octanol–water partition coefficient (Wildman–Crippen LogP) is 4.57. The van der Waals surface area contributed by atoms with E-state index in [1.807, 2.05) is 77.1 Å². The van der Waals surface area contributed by atoms with E-state index in [9.17, 15) is 9.59 Å². The van der Waals surface area contributed by atoms with Crippen molar-refractivity contribution in [1.82, 2.24) is 10.2 Å². The fraction of sp³-hybridized carbons (Fsp3) is 0.440. The molecule has 2 aromatic rings. The van der Waals surface area contributed by atoms with E-state index in [2.05, 4.69) is 11.4 Å². The largest absolute Gasteiger partial charge is 0.352 e. The standard InChI is InChI=1S/C25H34N2O2/c1-6-20(5)26-25(29)23(7-2)27(17-22-13-9-11-19(4)15-22)24(28)16-21-12-8-10-18(3)14-21/h8-15,20,23H,6-7,16-17H2,1-5H3,(H,26,29)/t20-,23-/m1/s1. The van der Waals surface area contributed by atoms with Gasteiger partial charge in [-0.05, 0) is 44.7 Å². The maximum Gasteiger partial charge on any atom is 0.243 e. The number of carbonyl (C=O) groups excluding carboxylic acids is 2. The van der Waals surface area contributed by atoms with Crippen LogP contribution in [0, 0.1) is 13.8 Å². The van der Waals surface area contributed by atoms with Crippen LogP contribution in [0.15, 0.2) is 48.5 Å². The number of hydrogen-bond acceptors (Lipinski definition) is 2. The highest BCUT2D eigenvalue weighted by Gasteiger charge is 2.29. The van der Waals surface area contributed by atoms with Crippen LogP contribution in [0.25, 0.3) is 0 Å². The second-order valence-electron chi connectivity index (χ2n) is 7.92. The number of aryl methyl sites for hydroxylation is 2. The predicted molar refractivity (Wildman–Crippen MR) is 119 cm³/mol. The maximum atomic E-state index is 13.3. The zero-order chi connectivity index (χ0) is 21.4. The molecule has 0 fully saturated rings. The first-order chi connectivity index (χ1) is 13.8. The summed E-state index contributed by atoms with van der Waals surface area (Å²) in [5, 5.41) is 3.05. The molecular formula is C25H34N2O2. The quantitative estimate of drug-likeness (QED) is 0.677. The van der Waals surface area contributed by atoms with Gasteiger partial charge in [-0.15, -0.1) is 0 Å². The molecule has 1 N–H and O–H groups in total. The smallest absolute Gasteiger partial charge is 0.243 e. The molecule has 29 heavy (non-hydrogen) atoms. The molecule has 0 aliphatic heterocycles. The Bertz CT molecular complexity index is 831. The second kappa shape index (κ2) is 10.8. The van der Waals surface area contributed by atoms with Gasteiger partial charge in [-0.25, -0.2) is 0 Å². The van der Waals surface area contributed by atoms with Gasteiger partial charge in [0, 0.05) is 12.6 Å².